The third-order valence-corrected chi connectivity index (χ3v) is 6.88. The standard InChI is InChI=1S/C20H27BrN2O/c21-17-9-7-16(8-10-17)15-22-13-4-11-20(22)12-14-23(19(20)24)18-5-2-1-3-6-18/h7-10,18H,1-6,11-15H2. The van der Waals surface area contributed by atoms with Crippen LogP contribution in [-0.2, 0) is 11.3 Å². The topological polar surface area (TPSA) is 23.6 Å². The van der Waals surface area contributed by atoms with Crippen LogP contribution >= 0.6 is 15.9 Å². The zero-order valence-corrected chi connectivity index (χ0v) is 15.9. The molecule has 2 aliphatic heterocycles. The van der Waals surface area contributed by atoms with Crippen LogP contribution in [0.25, 0.3) is 0 Å². The van der Waals surface area contributed by atoms with Gasteiger partial charge in [-0.25, -0.2) is 0 Å². The lowest BCUT2D eigenvalue weighted by atomic mass is 9.92. The van der Waals surface area contributed by atoms with Crippen LogP contribution < -0.4 is 0 Å². The van der Waals surface area contributed by atoms with Crippen molar-refractivity contribution in [1.29, 1.82) is 0 Å². The quantitative estimate of drug-likeness (QED) is 0.765. The molecule has 2 saturated heterocycles. The summed E-state index contributed by atoms with van der Waals surface area (Å²) in [6.45, 7) is 2.93. The van der Waals surface area contributed by atoms with Crippen molar-refractivity contribution in [1.82, 2.24) is 9.80 Å². The molecule has 0 N–H and O–H groups in total. The van der Waals surface area contributed by atoms with Crippen molar-refractivity contribution in [3.63, 3.8) is 0 Å². The summed E-state index contributed by atoms with van der Waals surface area (Å²) in [6.07, 6.45) is 9.60. The summed E-state index contributed by atoms with van der Waals surface area (Å²) in [5.41, 5.74) is 1.10. The monoisotopic (exact) mass is 390 g/mol. The summed E-state index contributed by atoms with van der Waals surface area (Å²) in [7, 11) is 0. The first kappa shape index (κ1) is 16.6. The average Bonchev–Trinajstić information content (AvgIpc) is 3.16. The number of hydrogen-bond donors (Lipinski definition) is 0. The summed E-state index contributed by atoms with van der Waals surface area (Å²) >= 11 is 3.50. The van der Waals surface area contributed by atoms with Crippen LogP contribution in [0.2, 0.25) is 0 Å². The predicted octanol–water partition coefficient (Wildman–Crippen LogP) is 4.35. The molecule has 1 aromatic carbocycles. The first-order valence-corrected chi connectivity index (χ1v) is 10.3. The van der Waals surface area contributed by atoms with Gasteiger partial charge in [0.1, 0.15) is 5.54 Å². The highest BCUT2D eigenvalue weighted by Crippen LogP contribution is 2.41. The molecule has 0 bridgehead atoms. The second-order valence-corrected chi connectivity index (χ2v) is 8.64. The van der Waals surface area contributed by atoms with E-state index in [1.54, 1.807) is 0 Å². The normalized spacial score (nSPS) is 29.0. The second-order valence-electron chi connectivity index (χ2n) is 7.72. The molecule has 24 heavy (non-hydrogen) atoms. The van der Waals surface area contributed by atoms with E-state index in [1.165, 1.54) is 37.7 Å². The zero-order valence-electron chi connectivity index (χ0n) is 14.3. The summed E-state index contributed by atoms with van der Waals surface area (Å²) in [6, 6.07) is 9.06. The number of carbonyl (C=O) groups excluding carboxylic acids is 1. The Labute approximate surface area is 153 Å². The number of carbonyl (C=O) groups is 1. The van der Waals surface area contributed by atoms with Crippen molar-refractivity contribution in [2.24, 2.45) is 0 Å². The van der Waals surface area contributed by atoms with Crippen molar-refractivity contribution in [3.8, 4) is 0 Å². The van der Waals surface area contributed by atoms with E-state index in [2.05, 4.69) is 50.0 Å². The maximum Gasteiger partial charge on any atom is 0.243 e. The Balaban J connectivity index is 1.50. The van der Waals surface area contributed by atoms with Crippen molar-refractivity contribution in [2.45, 2.75) is 69.5 Å². The van der Waals surface area contributed by atoms with Crippen LogP contribution in [0.4, 0.5) is 0 Å². The first-order valence-electron chi connectivity index (χ1n) is 9.50. The van der Waals surface area contributed by atoms with Gasteiger partial charge in [-0.2, -0.15) is 0 Å². The minimum atomic E-state index is -0.204. The van der Waals surface area contributed by atoms with Crippen LogP contribution in [0.1, 0.15) is 56.9 Å². The van der Waals surface area contributed by atoms with Crippen LogP contribution in [-0.4, -0.2) is 40.4 Å². The van der Waals surface area contributed by atoms with Gasteiger partial charge in [-0.3, -0.25) is 9.69 Å². The Morgan fingerprint density at radius 1 is 1.00 bits per heavy atom. The maximum atomic E-state index is 13.4. The lowest BCUT2D eigenvalue weighted by Crippen LogP contribution is -2.51. The fourth-order valence-corrected chi connectivity index (χ4v) is 5.29. The van der Waals surface area contributed by atoms with E-state index < -0.39 is 0 Å². The van der Waals surface area contributed by atoms with Gasteiger partial charge in [0, 0.05) is 23.6 Å². The number of nitrogens with zero attached hydrogens (tertiary/aromatic N) is 2. The molecule has 1 aliphatic carbocycles. The third kappa shape index (κ3) is 2.92. The van der Waals surface area contributed by atoms with E-state index in [-0.39, 0.29) is 5.54 Å². The van der Waals surface area contributed by atoms with Crippen LogP contribution in [0, 0.1) is 0 Å². The lowest BCUT2D eigenvalue weighted by molar-refractivity contribution is -0.139. The van der Waals surface area contributed by atoms with E-state index in [0.717, 1.165) is 43.4 Å². The van der Waals surface area contributed by atoms with Gasteiger partial charge in [-0.05, 0) is 56.3 Å². The molecular formula is C20H27BrN2O. The first-order chi connectivity index (χ1) is 11.7. The highest BCUT2D eigenvalue weighted by atomic mass is 79.9. The van der Waals surface area contributed by atoms with Crippen molar-refractivity contribution in [3.05, 3.63) is 34.3 Å². The predicted molar refractivity (Wildman–Crippen MR) is 99.7 cm³/mol. The molecule has 3 fully saturated rings. The Kier molecular flexibility index (Phi) is 4.70. The largest absolute Gasteiger partial charge is 0.338 e. The van der Waals surface area contributed by atoms with Gasteiger partial charge in [-0.1, -0.05) is 47.3 Å². The SMILES string of the molecule is O=C1N(C2CCCCC2)CCC12CCCN2Cc1ccc(Br)cc1. The van der Waals surface area contributed by atoms with Gasteiger partial charge in [0.25, 0.3) is 0 Å². The molecule has 2 heterocycles. The van der Waals surface area contributed by atoms with Gasteiger partial charge in [-0.15, -0.1) is 0 Å². The fourth-order valence-electron chi connectivity index (χ4n) is 5.02. The fraction of sp³-hybridized carbons (Fsp3) is 0.650. The molecule has 1 aromatic rings. The molecule has 1 saturated carbocycles. The smallest absolute Gasteiger partial charge is 0.243 e. The second kappa shape index (κ2) is 6.80. The van der Waals surface area contributed by atoms with Gasteiger partial charge in [0.15, 0.2) is 0 Å². The molecule has 1 amide bonds. The zero-order chi connectivity index (χ0) is 16.6. The molecule has 3 nitrogen and oxygen atoms in total. The minimum Gasteiger partial charge on any atom is -0.338 e. The Bertz CT molecular complexity index is 596. The lowest BCUT2D eigenvalue weighted by Gasteiger charge is -2.36. The molecule has 4 heteroatoms. The Morgan fingerprint density at radius 3 is 2.50 bits per heavy atom. The molecule has 1 spiro atoms. The van der Waals surface area contributed by atoms with Crippen LogP contribution in [0.5, 0.6) is 0 Å². The van der Waals surface area contributed by atoms with Gasteiger partial charge in [0.05, 0.1) is 0 Å². The minimum absolute atomic E-state index is 0.204. The summed E-state index contributed by atoms with van der Waals surface area (Å²) in [5.74, 6) is 0.434. The van der Waals surface area contributed by atoms with Gasteiger partial charge in [0.2, 0.25) is 5.91 Å². The molecule has 1 unspecified atom stereocenters. The number of halogens is 1. The molecule has 3 aliphatic rings. The maximum absolute atomic E-state index is 13.4. The molecule has 1 atom stereocenters. The third-order valence-electron chi connectivity index (χ3n) is 6.35. The Hall–Kier alpha value is -0.870. The number of likely N-dealkylation sites (tertiary alicyclic amines) is 2. The highest BCUT2D eigenvalue weighted by Gasteiger charge is 2.54. The molecule has 0 aromatic heterocycles. The average molecular weight is 391 g/mol. The summed E-state index contributed by atoms with van der Waals surface area (Å²) in [5, 5.41) is 0. The van der Waals surface area contributed by atoms with Crippen molar-refractivity contribution >= 4 is 21.8 Å². The van der Waals surface area contributed by atoms with Crippen molar-refractivity contribution < 1.29 is 4.79 Å². The number of hydrogen-bond acceptors (Lipinski definition) is 2. The molecule has 0 radical (unpaired) electrons. The van der Waals surface area contributed by atoms with Crippen LogP contribution in [0.15, 0.2) is 28.7 Å². The van der Waals surface area contributed by atoms with Crippen LogP contribution in [0.3, 0.4) is 0 Å². The van der Waals surface area contributed by atoms with E-state index in [9.17, 15) is 4.79 Å². The number of amides is 1. The van der Waals surface area contributed by atoms with E-state index in [4.69, 9.17) is 0 Å². The van der Waals surface area contributed by atoms with Gasteiger partial charge < -0.3 is 4.90 Å². The molecular weight excluding hydrogens is 364 g/mol. The highest BCUT2D eigenvalue weighted by molar-refractivity contribution is 9.10. The number of benzene rings is 1. The van der Waals surface area contributed by atoms with Gasteiger partial charge >= 0.3 is 0 Å². The Morgan fingerprint density at radius 2 is 1.75 bits per heavy atom. The van der Waals surface area contributed by atoms with Crippen molar-refractivity contribution in [2.75, 3.05) is 13.1 Å². The van der Waals surface area contributed by atoms with E-state index in [1.807, 2.05) is 0 Å². The van der Waals surface area contributed by atoms with E-state index in [0.29, 0.717) is 11.9 Å². The summed E-state index contributed by atoms with van der Waals surface area (Å²) < 4.78 is 1.11. The summed E-state index contributed by atoms with van der Waals surface area (Å²) in [4.78, 5) is 18.1. The molecule has 4 rings (SSSR count). The number of rotatable bonds is 3. The molecule has 130 valence electrons. The van der Waals surface area contributed by atoms with E-state index >= 15 is 0 Å².